The van der Waals surface area contributed by atoms with E-state index in [2.05, 4.69) is 17.5 Å². The maximum absolute atomic E-state index is 12.7. The molecule has 2 heterocycles. The Labute approximate surface area is 117 Å². The fourth-order valence-corrected chi connectivity index (χ4v) is 4.18. The molecule has 4 heteroatoms. The first-order valence-electron chi connectivity index (χ1n) is 7.04. The molecule has 0 aromatic carbocycles. The van der Waals surface area contributed by atoms with E-state index in [1.807, 2.05) is 4.90 Å². The van der Waals surface area contributed by atoms with E-state index in [9.17, 15) is 4.79 Å². The van der Waals surface area contributed by atoms with Gasteiger partial charge in [0.2, 0.25) is 5.91 Å². The van der Waals surface area contributed by atoms with E-state index >= 15 is 0 Å². The molecule has 1 unspecified atom stereocenters. The lowest BCUT2D eigenvalue weighted by Gasteiger charge is -2.33. The zero-order valence-corrected chi connectivity index (χ0v) is 11.8. The summed E-state index contributed by atoms with van der Waals surface area (Å²) in [6.45, 7) is 1.51. The zero-order chi connectivity index (χ0) is 13.2. The van der Waals surface area contributed by atoms with E-state index in [4.69, 9.17) is 5.26 Å². The van der Waals surface area contributed by atoms with Crippen LogP contribution in [0.5, 0.6) is 0 Å². The highest BCUT2D eigenvalue weighted by Gasteiger charge is 2.32. The first-order chi connectivity index (χ1) is 9.29. The number of amides is 1. The van der Waals surface area contributed by atoms with E-state index in [1.54, 1.807) is 11.3 Å². The van der Waals surface area contributed by atoms with Crippen LogP contribution in [-0.4, -0.2) is 23.9 Å². The van der Waals surface area contributed by atoms with Crippen molar-refractivity contribution >= 4 is 17.2 Å². The van der Waals surface area contributed by atoms with Gasteiger partial charge in [-0.3, -0.25) is 4.79 Å². The molecule has 1 aromatic rings. The number of likely N-dealkylation sites (tertiary alicyclic amines) is 1. The molecule has 3 nitrogen and oxygen atoms in total. The first kappa shape index (κ1) is 12.7. The molecule has 1 aromatic heterocycles. The molecular weight excluding hydrogens is 256 g/mol. The molecule has 19 heavy (non-hydrogen) atoms. The number of hydrogen-bond donors (Lipinski definition) is 0. The van der Waals surface area contributed by atoms with Crippen molar-refractivity contribution in [3.63, 3.8) is 0 Å². The third-order valence-corrected chi connectivity index (χ3v) is 5.34. The van der Waals surface area contributed by atoms with Crippen LogP contribution in [0, 0.1) is 17.2 Å². The number of carbonyl (C=O) groups excluding carboxylic acids is 1. The number of aryl methyl sites for hydroxylation is 1. The van der Waals surface area contributed by atoms with Crippen LogP contribution in [0.4, 0.5) is 0 Å². The third kappa shape index (κ3) is 2.40. The lowest BCUT2D eigenvalue weighted by atomic mass is 9.86. The van der Waals surface area contributed by atoms with Gasteiger partial charge in [0.25, 0.3) is 0 Å². The molecule has 1 saturated heterocycles. The van der Waals surface area contributed by atoms with Gasteiger partial charge in [-0.2, -0.15) is 5.26 Å². The fraction of sp³-hybridized carbons (Fsp3) is 0.600. The van der Waals surface area contributed by atoms with Crippen LogP contribution in [0.2, 0.25) is 0 Å². The van der Waals surface area contributed by atoms with E-state index in [1.165, 1.54) is 10.4 Å². The van der Waals surface area contributed by atoms with Crippen LogP contribution in [0.3, 0.4) is 0 Å². The predicted octanol–water partition coefficient (Wildman–Crippen LogP) is 2.93. The monoisotopic (exact) mass is 274 g/mol. The van der Waals surface area contributed by atoms with Crippen LogP contribution >= 0.6 is 11.3 Å². The molecule has 2 aliphatic rings. The summed E-state index contributed by atoms with van der Waals surface area (Å²) in [5.41, 5.74) is 1.27. The average Bonchev–Trinajstić information content (AvgIpc) is 2.95. The van der Waals surface area contributed by atoms with E-state index in [0.29, 0.717) is 0 Å². The minimum atomic E-state index is 0.0774. The summed E-state index contributed by atoms with van der Waals surface area (Å²) >= 11 is 1.78. The topological polar surface area (TPSA) is 44.1 Å². The summed E-state index contributed by atoms with van der Waals surface area (Å²) in [7, 11) is 0. The number of fused-ring (bicyclic) bond motifs is 1. The number of rotatable bonds is 1. The largest absolute Gasteiger partial charge is 0.342 e. The van der Waals surface area contributed by atoms with Gasteiger partial charge in [0.1, 0.15) is 0 Å². The normalized spacial score (nSPS) is 23.7. The van der Waals surface area contributed by atoms with Crippen molar-refractivity contribution in [2.24, 2.45) is 5.92 Å². The minimum Gasteiger partial charge on any atom is -0.342 e. The molecule has 100 valence electrons. The summed E-state index contributed by atoms with van der Waals surface area (Å²) in [5.74, 6) is 0.511. The molecule has 1 atom stereocenters. The molecule has 0 bridgehead atoms. The van der Waals surface area contributed by atoms with Crippen molar-refractivity contribution in [1.29, 1.82) is 5.26 Å². The molecule has 0 saturated carbocycles. The van der Waals surface area contributed by atoms with Crippen LogP contribution in [-0.2, 0) is 11.2 Å². The van der Waals surface area contributed by atoms with Gasteiger partial charge < -0.3 is 4.90 Å². The van der Waals surface area contributed by atoms with Gasteiger partial charge in [0.15, 0.2) is 0 Å². The molecule has 3 rings (SSSR count). The summed E-state index contributed by atoms with van der Waals surface area (Å²) in [5, 5.41) is 11.0. The molecule has 1 aliphatic carbocycles. The van der Waals surface area contributed by atoms with Gasteiger partial charge in [0, 0.05) is 23.9 Å². The second kappa shape index (κ2) is 5.34. The highest BCUT2D eigenvalue weighted by molar-refractivity contribution is 7.10. The third-order valence-electron chi connectivity index (χ3n) is 4.34. The highest BCUT2D eigenvalue weighted by Crippen LogP contribution is 2.36. The molecule has 1 fully saturated rings. The summed E-state index contributed by atoms with van der Waals surface area (Å²) < 4.78 is 0. The second-order valence-electron chi connectivity index (χ2n) is 5.47. The smallest absolute Gasteiger partial charge is 0.230 e. The Balaban J connectivity index is 1.71. The van der Waals surface area contributed by atoms with Crippen LogP contribution in [0.25, 0.3) is 0 Å². The number of piperidine rings is 1. The van der Waals surface area contributed by atoms with Gasteiger partial charge >= 0.3 is 0 Å². The Morgan fingerprint density at radius 1 is 1.37 bits per heavy atom. The van der Waals surface area contributed by atoms with Crippen molar-refractivity contribution in [1.82, 2.24) is 4.90 Å². The lowest BCUT2D eigenvalue weighted by molar-refractivity contribution is -0.134. The molecule has 1 aliphatic heterocycles. The van der Waals surface area contributed by atoms with Crippen LogP contribution in [0.1, 0.15) is 42.0 Å². The number of nitrogens with zero attached hydrogens (tertiary/aromatic N) is 2. The molecule has 0 radical (unpaired) electrons. The Morgan fingerprint density at radius 3 is 2.89 bits per heavy atom. The quantitative estimate of drug-likeness (QED) is 0.790. The fourth-order valence-electron chi connectivity index (χ4n) is 3.19. The standard InChI is InChI=1S/C15H18N2OS/c16-10-11-4-7-17(8-5-11)15(18)13-2-1-3-14-12(13)6-9-19-14/h6,9,11,13H,1-5,7-8H2. The molecule has 1 amide bonds. The Bertz CT molecular complexity index is 508. The molecule has 0 spiro atoms. The second-order valence-corrected chi connectivity index (χ2v) is 6.47. The predicted molar refractivity (Wildman–Crippen MR) is 74.9 cm³/mol. The van der Waals surface area contributed by atoms with Crippen molar-refractivity contribution in [3.05, 3.63) is 21.9 Å². The zero-order valence-electron chi connectivity index (χ0n) is 11.0. The van der Waals surface area contributed by atoms with Gasteiger partial charge in [-0.25, -0.2) is 0 Å². The SMILES string of the molecule is N#CC1CCN(C(=O)C2CCCc3sccc32)CC1. The van der Waals surface area contributed by atoms with Crippen LogP contribution in [0.15, 0.2) is 11.4 Å². The molecule has 0 N–H and O–H groups in total. The average molecular weight is 274 g/mol. The van der Waals surface area contributed by atoms with Crippen molar-refractivity contribution in [2.75, 3.05) is 13.1 Å². The summed E-state index contributed by atoms with van der Waals surface area (Å²) in [6, 6.07) is 4.45. The minimum absolute atomic E-state index is 0.0774. The lowest BCUT2D eigenvalue weighted by Crippen LogP contribution is -2.41. The Morgan fingerprint density at radius 2 is 2.16 bits per heavy atom. The Hall–Kier alpha value is -1.34. The summed E-state index contributed by atoms with van der Waals surface area (Å²) in [6.07, 6.45) is 4.92. The van der Waals surface area contributed by atoms with Gasteiger partial charge in [-0.1, -0.05) is 0 Å². The van der Waals surface area contributed by atoms with Crippen molar-refractivity contribution < 1.29 is 4.79 Å². The van der Waals surface area contributed by atoms with E-state index in [-0.39, 0.29) is 17.7 Å². The van der Waals surface area contributed by atoms with Crippen molar-refractivity contribution in [2.45, 2.75) is 38.0 Å². The highest BCUT2D eigenvalue weighted by atomic mass is 32.1. The number of hydrogen-bond acceptors (Lipinski definition) is 3. The molecular formula is C15H18N2OS. The van der Waals surface area contributed by atoms with Gasteiger partial charge in [-0.15, -0.1) is 11.3 Å². The van der Waals surface area contributed by atoms with Crippen molar-refractivity contribution in [3.8, 4) is 6.07 Å². The van der Waals surface area contributed by atoms with Gasteiger partial charge in [0.05, 0.1) is 12.0 Å². The van der Waals surface area contributed by atoms with Gasteiger partial charge in [-0.05, 0) is 49.1 Å². The number of thiophene rings is 1. The number of nitriles is 1. The number of carbonyl (C=O) groups is 1. The first-order valence-corrected chi connectivity index (χ1v) is 7.92. The Kier molecular flexibility index (Phi) is 3.56. The van der Waals surface area contributed by atoms with Crippen LogP contribution < -0.4 is 0 Å². The summed E-state index contributed by atoms with van der Waals surface area (Å²) in [4.78, 5) is 16.0. The maximum Gasteiger partial charge on any atom is 0.230 e. The maximum atomic E-state index is 12.7. The van der Waals surface area contributed by atoms with E-state index < -0.39 is 0 Å². The van der Waals surface area contributed by atoms with E-state index in [0.717, 1.165) is 45.2 Å².